The van der Waals surface area contributed by atoms with Crippen LogP contribution in [0, 0.1) is 11.7 Å². The summed E-state index contributed by atoms with van der Waals surface area (Å²) in [6, 6.07) is 2.10. The molecule has 1 fully saturated rings. The molecule has 0 spiro atoms. The van der Waals surface area contributed by atoms with Crippen LogP contribution in [0.2, 0.25) is 0 Å². The number of carbonyl (C=O) groups is 1. The summed E-state index contributed by atoms with van der Waals surface area (Å²) in [4.78, 5) is 11.7. The summed E-state index contributed by atoms with van der Waals surface area (Å²) in [5.41, 5.74) is -0.103. The average Bonchev–Trinajstić information content (AvgIpc) is 3.29. The Balaban J connectivity index is 1.93. The topological polar surface area (TPSA) is 70.6 Å². The number of rotatable bonds is 6. The lowest BCUT2D eigenvalue weighted by atomic mass is 10.2. The number of aliphatic hydroxyl groups excluding tert-OH is 1. The van der Waals surface area contributed by atoms with E-state index in [-0.39, 0.29) is 18.2 Å². The Kier molecular flexibility index (Phi) is 5.30. The van der Waals surface area contributed by atoms with E-state index in [1.807, 2.05) is 0 Å². The molecule has 1 aliphatic rings. The number of alkyl halides is 3. The molecule has 0 radical (unpaired) electrons. The molecule has 1 atom stereocenters. The first-order valence-corrected chi connectivity index (χ1v) is 6.96. The van der Waals surface area contributed by atoms with Crippen LogP contribution < -0.4 is 15.4 Å². The van der Waals surface area contributed by atoms with Crippen LogP contribution in [0.4, 0.5) is 28.0 Å². The van der Waals surface area contributed by atoms with Crippen LogP contribution >= 0.6 is 0 Å². The zero-order chi connectivity index (χ0) is 17.0. The van der Waals surface area contributed by atoms with Gasteiger partial charge in [-0.1, -0.05) is 0 Å². The highest BCUT2D eigenvalue weighted by Crippen LogP contribution is 2.32. The van der Waals surface area contributed by atoms with Crippen LogP contribution in [0.5, 0.6) is 5.75 Å². The number of anilines is 1. The van der Waals surface area contributed by atoms with E-state index in [4.69, 9.17) is 0 Å². The van der Waals surface area contributed by atoms with Crippen LogP contribution in [-0.4, -0.2) is 36.6 Å². The molecule has 1 aromatic rings. The zero-order valence-electron chi connectivity index (χ0n) is 12.0. The smallest absolute Gasteiger partial charge is 0.422 e. The number of carbonyl (C=O) groups excluding carboxylic acids is 1. The molecule has 0 aliphatic heterocycles. The van der Waals surface area contributed by atoms with Crippen molar-refractivity contribution in [2.24, 2.45) is 5.92 Å². The molecule has 23 heavy (non-hydrogen) atoms. The predicted molar refractivity (Wildman–Crippen MR) is 73.7 cm³/mol. The lowest BCUT2D eigenvalue weighted by Crippen LogP contribution is -2.36. The van der Waals surface area contributed by atoms with Crippen molar-refractivity contribution >= 4 is 11.7 Å². The molecule has 0 unspecified atom stereocenters. The van der Waals surface area contributed by atoms with Crippen molar-refractivity contribution in [1.82, 2.24) is 5.32 Å². The van der Waals surface area contributed by atoms with Crippen LogP contribution in [0.3, 0.4) is 0 Å². The summed E-state index contributed by atoms with van der Waals surface area (Å²) in [7, 11) is 0. The summed E-state index contributed by atoms with van der Waals surface area (Å²) in [5.74, 6) is -1.05. The molecule has 9 heteroatoms. The Morgan fingerprint density at radius 1 is 1.39 bits per heavy atom. The molecule has 0 heterocycles. The van der Waals surface area contributed by atoms with Crippen molar-refractivity contribution in [1.29, 1.82) is 0 Å². The largest absolute Gasteiger partial charge is 0.482 e. The maximum absolute atomic E-state index is 13.1. The van der Waals surface area contributed by atoms with Crippen molar-refractivity contribution < 1.29 is 32.2 Å². The molecule has 1 aliphatic carbocycles. The fourth-order valence-electron chi connectivity index (χ4n) is 1.89. The van der Waals surface area contributed by atoms with Crippen LogP contribution in [0.1, 0.15) is 12.8 Å². The number of benzene rings is 1. The Morgan fingerprint density at radius 3 is 2.70 bits per heavy atom. The molecule has 128 valence electrons. The average molecular weight is 336 g/mol. The second-order valence-corrected chi connectivity index (χ2v) is 5.28. The molecular formula is C14H16F4N2O3. The van der Waals surface area contributed by atoms with Gasteiger partial charge in [0.05, 0.1) is 11.8 Å². The first-order chi connectivity index (χ1) is 10.7. The van der Waals surface area contributed by atoms with Gasteiger partial charge in [0.25, 0.3) is 0 Å². The SMILES string of the molecule is O=C(NC[C@H](O)C1CC1)Nc1ccc(F)cc1OCC(F)(F)F. The number of amides is 2. The number of ether oxygens (including phenoxy) is 1. The summed E-state index contributed by atoms with van der Waals surface area (Å²) < 4.78 is 54.2. The third-order valence-electron chi connectivity index (χ3n) is 3.22. The van der Waals surface area contributed by atoms with Crippen molar-refractivity contribution in [3.63, 3.8) is 0 Å². The maximum Gasteiger partial charge on any atom is 0.422 e. The van der Waals surface area contributed by atoms with Gasteiger partial charge in [-0.2, -0.15) is 13.2 Å². The molecule has 2 amide bonds. The van der Waals surface area contributed by atoms with Gasteiger partial charge < -0.3 is 20.5 Å². The van der Waals surface area contributed by atoms with Gasteiger partial charge in [-0.3, -0.25) is 0 Å². The predicted octanol–water partition coefficient (Wildman–Crippen LogP) is 2.66. The number of nitrogens with one attached hydrogen (secondary N) is 2. The normalized spacial score (nSPS) is 15.9. The fourth-order valence-corrected chi connectivity index (χ4v) is 1.89. The van der Waals surface area contributed by atoms with Crippen molar-refractivity contribution in [3.8, 4) is 5.75 Å². The molecule has 5 nitrogen and oxygen atoms in total. The van der Waals surface area contributed by atoms with Crippen LogP contribution in [0.15, 0.2) is 18.2 Å². The monoisotopic (exact) mass is 336 g/mol. The lowest BCUT2D eigenvalue weighted by molar-refractivity contribution is -0.153. The van der Waals surface area contributed by atoms with E-state index < -0.39 is 36.5 Å². The number of urea groups is 1. The van der Waals surface area contributed by atoms with Gasteiger partial charge in [0.2, 0.25) is 0 Å². The highest BCUT2D eigenvalue weighted by Gasteiger charge is 2.30. The first-order valence-electron chi connectivity index (χ1n) is 6.96. The highest BCUT2D eigenvalue weighted by molar-refractivity contribution is 5.90. The Labute approximate surface area is 129 Å². The molecule has 1 aromatic carbocycles. The molecule has 2 rings (SSSR count). The standard InChI is InChI=1S/C14H16F4N2O3/c15-9-3-4-10(12(5-9)23-7-14(16,17)18)20-13(22)19-6-11(21)8-1-2-8/h3-5,8,11,21H,1-2,6-7H2,(H2,19,20,22)/t11-/m0/s1. The quantitative estimate of drug-likeness (QED) is 0.700. The van der Waals surface area contributed by atoms with Gasteiger partial charge in [0.15, 0.2) is 6.61 Å². The molecule has 3 N–H and O–H groups in total. The van der Waals surface area contributed by atoms with Crippen LogP contribution in [0.25, 0.3) is 0 Å². The van der Waals surface area contributed by atoms with Crippen LogP contribution in [-0.2, 0) is 0 Å². The number of hydrogen-bond acceptors (Lipinski definition) is 3. The maximum atomic E-state index is 13.1. The van der Waals surface area contributed by atoms with E-state index in [2.05, 4.69) is 15.4 Å². The van der Waals surface area contributed by atoms with E-state index in [0.29, 0.717) is 0 Å². The van der Waals surface area contributed by atoms with E-state index in [1.165, 1.54) is 0 Å². The molecule has 0 bridgehead atoms. The number of halogens is 4. The lowest BCUT2D eigenvalue weighted by Gasteiger charge is -2.15. The fraction of sp³-hybridized carbons (Fsp3) is 0.500. The molecule has 0 aromatic heterocycles. The third-order valence-corrected chi connectivity index (χ3v) is 3.22. The Morgan fingerprint density at radius 2 is 2.09 bits per heavy atom. The minimum Gasteiger partial charge on any atom is -0.482 e. The molecular weight excluding hydrogens is 320 g/mol. The molecule has 0 saturated heterocycles. The Bertz CT molecular complexity index is 561. The molecule has 1 saturated carbocycles. The first kappa shape index (κ1) is 17.3. The van der Waals surface area contributed by atoms with Crippen molar-refractivity contribution in [3.05, 3.63) is 24.0 Å². The van der Waals surface area contributed by atoms with Gasteiger partial charge >= 0.3 is 12.2 Å². The second-order valence-electron chi connectivity index (χ2n) is 5.28. The summed E-state index contributed by atoms with van der Waals surface area (Å²) in [6.07, 6.45) is -3.44. The summed E-state index contributed by atoms with van der Waals surface area (Å²) >= 11 is 0. The van der Waals surface area contributed by atoms with E-state index in [0.717, 1.165) is 31.0 Å². The van der Waals surface area contributed by atoms with E-state index >= 15 is 0 Å². The minimum atomic E-state index is -4.58. The summed E-state index contributed by atoms with van der Waals surface area (Å²) in [6.45, 7) is -1.58. The van der Waals surface area contributed by atoms with E-state index in [1.54, 1.807) is 0 Å². The summed E-state index contributed by atoms with van der Waals surface area (Å²) in [5, 5.41) is 14.3. The third kappa shape index (κ3) is 5.93. The van der Waals surface area contributed by atoms with Gasteiger partial charge in [-0.15, -0.1) is 0 Å². The van der Waals surface area contributed by atoms with Gasteiger partial charge in [0.1, 0.15) is 11.6 Å². The Hall–Kier alpha value is -2.03. The second kappa shape index (κ2) is 7.03. The van der Waals surface area contributed by atoms with E-state index in [9.17, 15) is 27.5 Å². The zero-order valence-corrected chi connectivity index (χ0v) is 12.0. The van der Waals surface area contributed by atoms with Gasteiger partial charge in [-0.25, -0.2) is 9.18 Å². The van der Waals surface area contributed by atoms with Crippen molar-refractivity contribution in [2.45, 2.75) is 25.1 Å². The van der Waals surface area contributed by atoms with Gasteiger partial charge in [-0.05, 0) is 30.9 Å². The minimum absolute atomic E-state index is 0.0242. The van der Waals surface area contributed by atoms with Crippen molar-refractivity contribution in [2.75, 3.05) is 18.5 Å². The number of hydrogen-bond donors (Lipinski definition) is 3. The highest BCUT2D eigenvalue weighted by atomic mass is 19.4. The number of aliphatic hydroxyl groups is 1. The van der Waals surface area contributed by atoms with Gasteiger partial charge in [0, 0.05) is 12.6 Å².